The van der Waals surface area contributed by atoms with Gasteiger partial charge in [0.1, 0.15) is 0 Å². The SMILES string of the molecule is CSC1CC(=O)N(CC2CCCCCCC2)C1=O. The molecule has 0 bridgehead atoms. The average molecular weight is 269 g/mol. The molecule has 2 rings (SSSR count). The zero-order valence-electron chi connectivity index (χ0n) is 11.2. The van der Waals surface area contributed by atoms with Crippen molar-refractivity contribution in [3.63, 3.8) is 0 Å². The zero-order valence-corrected chi connectivity index (χ0v) is 12.0. The molecule has 2 fully saturated rings. The normalized spacial score (nSPS) is 27.4. The monoisotopic (exact) mass is 269 g/mol. The topological polar surface area (TPSA) is 37.4 Å². The predicted molar refractivity (Wildman–Crippen MR) is 74.4 cm³/mol. The van der Waals surface area contributed by atoms with E-state index >= 15 is 0 Å². The Hall–Kier alpha value is -0.510. The molecule has 0 aromatic rings. The van der Waals surface area contributed by atoms with Gasteiger partial charge in [-0.25, -0.2) is 0 Å². The number of rotatable bonds is 3. The molecule has 1 aliphatic heterocycles. The lowest BCUT2D eigenvalue weighted by atomic mass is 9.91. The maximum atomic E-state index is 12.1. The first-order valence-corrected chi connectivity index (χ1v) is 8.38. The van der Waals surface area contributed by atoms with Gasteiger partial charge in [-0.1, -0.05) is 32.1 Å². The highest BCUT2D eigenvalue weighted by Gasteiger charge is 2.38. The van der Waals surface area contributed by atoms with Crippen LogP contribution in [0.5, 0.6) is 0 Å². The van der Waals surface area contributed by atoms with Crippen LogP contribution in [0.2, 0.25) is 0 Å². The minimum Gasteiger partial charge on any atom is -0.281 e. The van der Waals surface area contributed by atoms with E-state index in [1.165, 1.54) is 61.6 Å². The van der Waals surface area contributed by atoms with E-state index in [9.17, 15) is 9.59 Å². The fourth-order valence-electron chi connectivity index (χ4n) is 3.01. The van der Waals surface area contributed by atoms with Gasteiger partial charge < -0.3 is 0 Å². The van der Waals surface area contributed by atoms with Crippen molar-refractivity contribution in [1.29, 1.82) is 0 Å². The predicted octanol–water partition coefficient (Wildman–Crippen LogP) is 2.84. The Labute approximate surface area is 114 Å². The Morgan fingerprint density at radius 2 is 1.72 bits per heavy atom. The van der Waals surface area contributed by atoms with Gasteiger partial charge in [0, 0.05) is 13.0 Å². The summed E-state index contributed by atoms with van der Waals surface area (Å²) in [5, 5.41) is -0.119. The van der Waals surface area contributed by atoms with Crippen molar-refractivity contribution in [2.75, 3.05) is 12.8 Å². The molecular weight excluding hydrogens is 246 g/mol. The van der Waals surface area contributed by atoms with E-state index in [1.807, 2.05) is 6.26 Å². The van der Waals surface area contributed by atoms with Crippen LogP contribution in [-0.4, -0.2) is 34.8 Å². The van der Waals surface area contributed by atoms with Crippen molar-refractivity contribution in [2.45, 2.75) is 56.6 Å². The van der Waals surface area contributed by atoms with Gasteiger partial charge in [0.25, 0.3) is 0 Å². The Bertz CT molecular complexity index is 311. The number of carbonyl (C=O) groups excluding carboxylic acids is 2. The number of carbonyl (C=O) groups is 2. The van der Waals surface area contributed by atoms with Gasteiger partial charge in [0.15, 0.2) is 0 Å². The van der Waals surface area contributed by atoms with Gasteiger partial charge in [0.2, 0.25) is 11.8 Å². The fourth-order valence-corrected chi connectivity index (χ4v) is 3.65. The van der Waals surface area contributed by atoms with Crippen molar-refractivity contribution in [2.24, 2.45) is 5.92 Å². The van der Waals surface area contributed by atoms with Gasteiger partial charge >= 0.3 is 0 Å². The summed E-state index contributed by atoms with van der Waals surface area (Å²) >= 11 is 1.51. The van der Waals surface area contributed by atoms with Gasteiger partial charge in [-0.2, -0.15) is 11.8 Å². The highest BCUT2D eigenvalue weighted by atomic mass is 32.2. The molecule has 0 aromatic heterocycles. The van der Waals surface area contributed by atoms with Crippen LogP contribution in [0.25, 0.3) is 0 Å². The number of imide groups is 1. The van der Waals surface area contributed by atoms with Crippen LogP contribution in [0.1, 0.15) is 51.4 Å². The van der Waals surface area contributed by atoms with Crippen molar-refractivity contribution in [3.05, 3.63) is 0 Å². The van der Waals surface area contributed by atoms with E-state index in [-0.39, 0.29) is 17.1 Å². The lowest BCUT2D eigenvalue weighted by Crippen LogP contribution is -2.36. The second-order valence-corrected chi connectivity index (χ2v) is 6.52. The van der Waals surface area contributed by atoms with Gasteiger partial charge in [-0.15, -0.1) is 0 Å². The van der Waals surface area contributed by atoms with Crippen LogP contribution >= 0.6 is 11.8 Å². The van der Waals surface area contributed by atoms with E-state index in [0.29, 0.717) is 18.9 Å². The largest absolute Gasteiger partial charge is 0.281 e. The molecule has 18 heavy (non-hydrogen) atoms. The summed E-state index contributed by atoms with van der Waals surface area (Å²) in [7, 11) is 0. The lowest BCUT2D eigenvalue weighted by molar-refractivity contribution is -0.139. The van der Waals surface area contributed by atoms with Crippen molar-refractivity contribution >= 4 is 23.6 Å². The third-order valence-electron chi connectivity index (χ3n) is 4.15. The Morgan fingerprint density at radius 3 is 2.28 bits per heavy atom. The third-order valence-corrected chi connectivity index (χ3v) is 5.09. The summed E-state index contributed by atoms with van der Waals surface area (Å²) in [6.45, 7) is 0.675. The summed E-state index contributed by atoms with van der Waals surface area (Å²) in [6.07, 6.45) is 11.2. The first-order valence-electron chi connectivity index (χ1n) is 7.09. The molecule has 1 aliphatic carbocycles. The van der Waals surface area contributed by atoms with E-state index < -0.39 is 0 Å². The van der Waals surface area contributed by atoms with Crippen LogP contribution in [-0.2, 0) is 9.59 Å². The molecular formula is C14H23NO2S. The number of thioether (sulfide) groups is 1. The number of likely N-dealkylation sites (tertiary alicyclic amines) is 1. The molecule has 4 heteroatoms. The zero-order chi connectivity index (χ0) is 13.0. The van der Waals surface area contributed by atoms with Crippen LogP contribution in [0.3, 0.4) is 0 Å². The van der Waals surface area contributed by atoms with Crippen molar-refractivity contribution < 1.29 is 9.59 Å². The number of hydrogen-bond donors (Lipinski definition) is 0. The van der Waals surface area contributed by atoms with Crippen LogP contribution in [0.4, 0.5) is 0 Å². The Kier molecular flexibility index (Phi) is 5.10. The Morgan fingerprint density at radius 1 is 1.11 bits per heavy atom. The van der Waals surface area contributed by atoms with Crippen LogP contribution < -0.4 is 0 Å². The molecule has 0 aromatic carbocycles. The molecule has 2 aliphatic rings. The third kappa shape index (κ3) is 3.28. The highest BCUT2D eigenvalue weighted by molar-refractivity contribution is 8.00. The molecule has 1 atom stereocenters. The number of nitrogens with zero attached hydrogens (tertiary/aromatic N) is 1. The summed E-state index contributed by atoms with van der Waals surface area (Å²) in [4.78, 5) is 25.5. The standard InChI is InChI=1S/C14H23NO2S/c1-18-12-9-13(16)15(14(12)17)10-11-7-5-3-2-4-6-8-11/h11-12H,2-10H2,1H3. The fraction of sp³-hybridized carbons (Fsp3) is 0.857. The summed E-state index contributed by atoms with van der Waals surface area (Å²) in [5.41, 5.74) is 0. The molecule has 1 saturated carbocycles. The summed E-state index contributed by atoms with van der Waals surface area (Å²) in [5.74, 6) is 0.634. The van der Waals surface area contributed by atoms with Gasteiger partial charge in [-0.3, -0.25) is 14.5 Å². The van der Waals surface area contributed by atoms with E-state index in [2.05, 4.69) is 0 Å². The molecule has 1 saturated heterocycles. The summed E-state index contributed by atoms with van der Waals surface area (Å²) < 4.78 is 0. The number of amides is 2. The average Bonchev–Trinajstić information content (AvgIpc) is 2.59. The lowest BCUT2D eigenvalue weighted by Gasteiger charge is -2.24. The molecule has 2 amide bonds. The van der Waals surface area contributed by atoms with Crippen molar-refractivity contribution in [3.8, 4) is 0 Å². The second-order valence-electron chi connectivity index (χ2n) is 5.48. The molecule has 0 radical (unpaired) electrons. The van der Waals surface area contributed by atoms with Gasteiger partial charge in [0.05, 0.1) is 5.25 Å². The number of hydrogen-bond acceptors (Lipinski definition) is 3. The highest BCUT2D eigenvalue weighted by Crippen LogP contribution is 2.28. The molecule has 1 heterocycles. The van der Waals surface area contributed by atoms with E-state index in [4.69, 9.17) is 0 Å². The molecule has 3 nitrogen and oxygen atoms in total. The maximum absolute atomic E-state index is 12.1. The van der Waals surface area contributed by atoms with E-state index in [0.717, 1.165) is 0 Å². The molecule has 1 unspecified atom stereocenters. The first-order chi connectivity index (χ1) is 8.72. The second kappa shape index (κ2) is 6.60. The minimum absolute atomic E-state index is 0.0430. The summed E-state index contributed by atoms with van der Waals surface area (Å²) in [6, 6.07) is 0. The minimum atomic E-state index is -0.119. The van der Waals surface area contributed by atoms with Crippen LogP contribution in [0, 0.1) is 5.92 Å². The first kappa shape index (κ1) is 13.9. The molecule has 0 N–H and O–H groups in total. The molecule has 0 spiro atoms. The van der Waals surface area contributed by atoms with Crippen LogP contribution in [0.15, 0.2) is 0 Å². The Balaban J connectivity index is 1.91. The maximum Gasteiger partial charge on any atom is 0.242 e. The smallest absolute Gasteiger partial charge is 0.242 e. The van der Waals surface area contributed by atoms with Gasteiger partial charge in [-0.05, 0) is 25.0 Å². The molecule has 102 valence electrons. The quantitative estimate of drug-likeness (QED) is 0.739. The van der Waals surface area contributed by atoms with E-state index in [1.54, 1.807) is 0 Å². The van der Waals surface area contributed by atoms with Crippen molar-refractivity contribution in [1.82, 2.24) is 4.90 Å².